The number of hydrogen-bond acceptors (Lipinski definition) is 4. The molecule has 3 rings (SSSR count). The highest BCUT2D eigenvalue weighted by molar-refractivity contribution is 5.77. The lowest BCUT2D eigenvalue weighted by molar-refractivity contribution is -0.141. The summed E-state index contributed by atoms with van der Waals surface area (Å²) in [4.78, 5) is 16.8. The largest absolute Gasteiger partial charge is 0.396 e. The molecule has 1 aromatic carbocycles. The van der Waals surface area contributed by atoms with Gasteiger partial charge >= 0.3 is 0 Å². The van der Waals surface area contributed by atoms with Crippen LogP contribution in [0.3, 0.4) is 0 Å². The summed E-state index contributed by atoms with van der Waals surface area (Å²) in [7, 11) is 0. The molecule has 0 aliphatic carbocycles. The Morgan fingerprint density at radius 3 is 2.96 bits per heavy atom. The minimum absolute atomic E-state index is 0.200. The molecule has 0 bridgehead atoms. The maximum Gasteiger partial charge on any atom is 0.222 e. The van der Waals surface area contributed by atoms with Crippen molar-refractivity contribution in [2.45, 2.75) is 44.7 Å². The highest BCUT2D eigenvalue weighted by atomic mass is 16.3. The molecule has 2 aliphatic rings. The molecule has 2 heterocycles. The summed E-state index contributed by atoms with van der Waals surface area (Å²) < 4.78 is 0. The Labute approximate surface area is 149 Å². The van der Waals surface area contributed by atoms with E-state index in [2.05, 4.69) is 21.9 Å². The number of piperidine rings is 2. The quantitative estimate of drug-likeness (QED) is 0.805. The molecule has 0 saturated carbocycles. The average Bonchev–Trinajstić information content (AvgIpc) is 2.64. The molecule has 2 fully saturated rings. The van der Waals surface area contributed by atoms with Crippen molar-refractivity contribution in [3.8, 4) is 6.07 Å². The summed E-state index contributed by atoms with van der Waals surface area (Å²) in [5.41, 5.74) is 1.90. The molecule has 25 heavy (non-hydrogen) atoms. The number of benzene rings is 1. The molecule has 5 heteroatoms. The van der Waals surface area contributed by atoms with E-state index in [1.165, 1.54) is 5.56 Å². The summed E-state index contributed by atoms with van der Waals surface area (Å²) >= 11 is 0. The van der Waals surface area contributed by atoms with Crippen molar-refractivity contribution in [1.82, 2.24) is 9.80 Å². The third-order valence-electron chi connectivity index (χ3n) is 5.50. The number of fused-ring (bicyclic) bond motifs is 1. The molecule has 1 N–H and O–H groups in total. The van der Waals surface area contributed by atoms with Gasteiger partial charge in [-0.25, -0.2) is 0 Å². The molecule has 1 amide bonds. The van der Waals surface area contributed by atoms with Crippen LogP contribution in [0.25, 0.3) is 0 Å². The maximum absolute atomic E-state index is 12.3. The molecule has 1 aromatic rings. The van der Waals surface area contributed by atoms with Crippen LogP contribution in [0.4, 0.5) is 0 Å². The Morgan fingerprint density at radius 1 is 1.28 bits per heavy atom. The number of aliphatic hydroxyl groups excluding tert-OH is 1. The normalized spacial score (nSPS) is 24.0. The van der Waals surface area contributed by atoms with E-state index in [1.807, 2.05) is 18.2 Å². The average molecular weight is 341 g/mol. The van der Waals surface area contributed by atoms with E-state index < -0.39 is 0 Å². The van der Waals surface area contributed by atoms with Crippen LogP contribution in [0.5, 0.6) is 0 Å². The van der Waals surface area contributed by atoms with Gasteiger partial charge in [-0.15, -0.1) is 0 Å². The van der Waals surface area contributed by atoms with Crippen molar-refractivity contribution in [2.75, 3.05) is 26.2 Å². The zero-order chi connectivity index (χ0) is 17.6. The van der Waals surface area contributed by atoms with E-state index in [0.717, 1.165) is 51.9 Å². The van der Waals surface area contributed by atoms with E-state index in [4.69, 9.17) is 10.4 Å². The van der Waals surface area contributed by atoms with Gasteiger partial charge in [-0.05, 0) is 49.3 Å². The second-order valence-corrected chi connectivity index (χ2v) is 7.22. The van der Waals surface area contributed by atoms with E-state index in [9.17, 15) is 4.79 Å². The fraction of sp³-hybridized carbons (Fsp3) is 0.600. The van der Waals surface area contributed by atoms with Gasteiger partial charge in [0.05, 0.1) is 11.6 Å². The second-order valence-electron chi connectivity index (χ2n) is 7.22. The highest BCUT2D eigenvalue weighted by Gasteiger charge is 2.38. The molecule has 5 nitrogen and oxygen atoms in total. The summed E-state index contributed by atoms with van der Waals surface area (Å²) in [6, 6.07) is 10.4. The SMILES string of the molecule is N#Cc1cccc(CN2CC[C@@H]3[C@@H](CCC(=O)N3CCCCO)C2)c1. The topological polar surface area (TPSA) is 67.6 Å². The monoisotopic (exact) mass is 341 g/mol. The third-order valence-corrected chi connectivity index (χ3v) is 5.50. The number of carbonyl (C=O) groups excluding carboxylic acids is 1. The molecule has 0 spiro atoms. The predicted octanol–water partition coefficient (Wildman–Crippen LogP) is 2.14. The standard InChI is InChI=1S/C20H27N3O2/c21-13-16-4-3-5-17(12-16)14-22-10-8-19-18(15-22)6-7-20(25)23(19)9-1-2-11-24/h3-5,12,18-19,24H,1-2,6-11,14-15H2/t18-,19+/m0/s1. The van der Waals surface area contributed by atoms with Gasteiger partial charge in [-0.3, -0.25) is 9.69 Å². The maximum atomic E-state index is 12.3. The number of amides is 1. The zero-order valence-electron chi connectivity index (χ0n) is 14.7. The molecular weight excluding hydrogens is 314 g/mol. The van der Waals surface area contributed by atoms with Crippen LogP contribution in [-0.4, -0.2) is 53.1 Å². The molecular formula is C20H27N3O2. The number of carbonyl (C=O) groups is 1. The molecule has 0 radical (unpaired) electrons. The van der Waals surface area contributed by atoms with Gasteiger partial charge in [0.15, 0.2) is 0 Å². The third kappa shape index (κ3) is 4.39. The smallest absolute Gasteiger partial charge is 0.222 e. The Balaban J connectivity index is 1.59. The van der Waals surface area contributed by atoms with Crippen LogP contribution in [0.2, 0.25) is 0 Å². The number of nitrogens with zero attached hydrogens (tertiary/aromatic N) is 3. The Morgan fingerprint density at radius 2 is 2.16 bits per heavy atom. The van der Waals surface area contributed by atoms with Crippen molar-refractivity contribution in [3.05, 3.63) is 35.4 Å². The van der Waals surface area contributed by atoms with Gasteiger partial charge in [0.2, 0.25) is 5.91 Å². The molecule has 0 aromatic heterocycles. The molecule has 2 atom stereocenters. The zero-order valence-corrected chi connectivity index (χ0v) is 14.7. The van der Waals surface area contributed by atoms with Crippen molar-refractivity contribution in [1.29, 1.82) is 5.26 Å². The fourth-order valence-electron chi connectivity index (χ4n) is 4.25. The van der Waals surface area contributed by atoms with Gasteiger partial charge in [-0.2, -0.15) is 5.26 Å². The van der Waals surface area contributed by atoms with E-state index in [1.54, 1.807) is 0 Å². The van der Waals surface area contributed by atoms with Gasteiger partial charge < -0.3 is 10.0 Å². The lowest BCUT2D eigenvalue weighted by Crippen LogP contribution is -2.56. The number of hydrogen-bond donors (Lipinski definition) is 1. The first-order chi connectivity index (χ1) is 12.2. The van der Waals surface area contributed by atoms with Gasteiger partial charge in [0.1, 0.15) is 0 Å². The van der Waals surface area contributed by atoms with Gasteiger partial charge in [0.25, 0.3) is 0 Å². The summed E-state index contributed by atoms with van der Waals surface area (Å²) in [5.74, 6) is 0.828. The summed E-state index contributed by atoms with van der Waals surface area (Å²) in [5, 5.41) is 18.0. The molecule has 134 valence electrons. The number of unbranched alkanes of at least 4 members (excludes halogenated alkanes) is 1. The molecule has 0 unspecified atom stereocenters. The Bertz CT molecular complexity index is 640. The van der Waals surface area contributed by atoms with Crippen LogP contribution < -0.4 is 0 Å². The first-order valence-corrected chi connectivity index (χ1v) is 9.33. The Kier molecular flexibility index (Phi) is 6.06. The minimum atomic E-state index is 0.200. The van der Waals surface area contributed by atoms with Crippen LogP contribution >= 0.6 is 0 Å². The van der Waals surface area contributed by atoms with E-state index in [0.29, 0.717) is 23.9 Å². The highest BCUT2D eigenvalue weighted by Crippen LogP contribution is 2.32. The van der Waals surface area contributed by atoms with Gasteiger partial charge in [-0.1, -0.05) is 12.1 Å². The minimum Gasteiger partial charge on any atom is -0.396 e. The Hall–Kier alpha value is -1.90. The number of nitriles is 1. The summed E-state index contributed by atoms with van der Waals surface area (Å²) in [6.45, 7) is 3.86. The lowest BCUT2D eigenvalue weighted by atomic mass is 9.83. The van der Waals surface area contributed by atoms with Crippen LogP contribution in [0.1, 0.15) is 43.2 Å². The summed E-state index contributed by atoms with van der Waals surface area (Å²) in [6.07, 6.45) is 4.30. The second kappa shape index (κ2) is 8.46. The van der Waals surface area contributed by atoms with Crippen molar-refractivity contribution in [2.24, 2.45) is 5.92 Å². The van der Waals surface area contributed by atoms with Crippen LogP contribution in [-0.2, 0) is 11.3 Å². The van der Waals surface area contributed by atoms with E-state index >= 15 is 0 Å². The van der Waals surface area contributed by atoms with E-state index in [-0.39, 0.29) is 12.5 Å². The van der Waals surface area contributed by atoms with Crippen molar-refractivity contribution >= 4 is 5.91 Å². The van der Waals surface area contributed by atoms with Crippen LogP contribution in [0.15, 0.2) is 24.3 Å². The lowest BCUT2D eigenvalue weighted by Gasteiger charge is -2.47. The fourth-order valence-corrected chi connectivity index (χ4v) is 4.25. The van der Waals surface area contributed by atoms with Crippen molar-refractivity contribution in [3.63, 3.8) is 0 Å². The molecule has 2 aliphatic heterocycles. The predicted molar refractivity (Wildman–Crippen MR) is 95.6 cm³/mol. The van der Waals surface area contributed by atoms with Crippen LogP contribution in [0, 0.1) is 17.2 Å². The number of aliphatic hydroxyl groups is 1. The molecule has 2 saturated heterocycles. The van der Waals surface area contributed by atoms with Gasteiger partial charge in [0, 0.05) is 45.2 Å². The van der Waals surface area contributed by atoms with Crippen molar-refractivity contribution < 1.29 is 9.90 Å². The first-order valence-electron chi connectivity index (χ1n) is 9.33. The number of rotatable bonds is 6. The first kappa shape index (κ1) is 17.9. The number of likely N-dealkylation sites (tertiary alicyclic amines) is 2.